The second-order valence-electron chi connectivity index (χ2n) is 7.81. The number of anilines is 1. The summed E-state index contributed by atoms with van der Waals surface area (Å²) in [4.78, 5) is 20.4. The van der Waals surface area contributed by atoms with E-state index >= 15 is 0 Å². The van der Waals surface area contributed by atoms with Crippen molar-refractivity contribution in [3.63, 3.8) is 0 Å². The molecule has 0 radical (unpaired) electrons. The van der Waals surface area contributed by atoms with Gasteiger partial charge in [0.25, 0.3) is 0 Å². The third kappa shape index (κ3) is 5.55. The van der Waals surface area contributed by atoms with Crippen molar-refractivity contribution < 1.29 is 22.7 Å². The number of hydrogen-bond acceptors (Lipinski definition) is 7. The van der Waals surface area contributed by atoms with E-state index in [0.29, 0.717) is 23.0 Å². The Kier molecular flexibility index (Phi) is 7.66. The largest absolute Gasteiger partial charge is 0.497 e. The molecule has 0 saturated carbocycles. The minimum atomic E-state index is -3.90. The quantitative estimate of drug-likeness (QED) is 0.298. The molecule has 0 unspecified atom stereocenters. The molecule has 1 heterocycles. The highest BCUT2D eigenvalue weighted by atomic mass is 32.2. The van der Waals surface area contributed by atoms with Crippen LogP contribution in [-0.2, 0) is 14.6 Å². The predicted molar refractivity (Wildman–Crippen MR) is 140 cm³/mol. The molecule has 3 aromatic carbocycles. The molecule has 4 aromatic rings. The molecular formula is C26H25N3O5S2. The van der Waals surface area contributed by atoms with E-state index in [2.05, 4.69) is 15.3 Å². The Bertz CT molecular complexity index is 1470. The number of thioether (sulfide) groups is 1. The number of methoxy groups -OCH3 is 2. The molecule has 0 aliphatic carbocycles. The molecule has 0 aliphatic rings. The molecule has 0 saturated heterocycles. The lowest BCUT2D eigenvalue weighted by Gasteiger charge is -2.11. The maximum absolute atomic E-state index is 13.5. The second-order valence-corrected chi connectivity index (χ2v) is 10.7. The molecule has 0 spiro atoms. The lowest BCUT2D eigenvalue weighted by atomic mass is 10.2. The molecule has 10 heteroatoms. The average molecular weight is 524 g/mol. The molecular weight excluding hydrogens is 498 g/mol. The summed E-state index contributed by atoms with van der Waals surface area (Å²) in [6.45, 7) is 1.89. The topological polar surface area (TPSA) is 110 Å². The van der Waals surface area contributed by atoms with E-state index in [1.807, 2.05) is 37.3 Å². The summed E-state index contributed by atoms with van der Waals surface area (Å²) in [6, 6.07) is 20.9. The molecule has 36 heavy (non-hydrogen) atoms. The molecule has 4 rings (SSSR count). The lowest BCUT2D eigenvalue weighted by Crippen LogP contribution is -2.15. The number of aromatic nitrogens is 2. The number of hydrogen-bond donors (Lipinski definition) is 2. The summed E-state index contributed by atoms with van der Waals surface area (Å²) in [7, 11) is -0.866. The van der Waals surface area contributed by atoms with Crippen molar-refractivity contribution in [1.82, 2.24) is 9.97 Å². The first kappa shape index (κ1) is 25.3. The molecule has 1 aromatic heterocycles. The minimum Gasteiger partial charge on any atom is -0.497 e. The summed E-state index contributed by atoms with van der Waals surface area (Å²) in [5, 5.41) is 2.95. The first-order valence-electron chi connectivity index (χ1n) is 10.9. The Balaban J connectivity index is 1.61. The van der Waals surface area contributed by atoms with Gasteiger partial charge in [0, 0.05) is 11.6 Å². The first-order valence-corrected chi connectivity index (χ1v) is 13.4. The zero-order valence-electron chi connectivity index (χ0n) is 19.9. The van der Waals surface area contributed by atoms with Gasteiger partial charge in [-0.25, -0.2) is 13.4 Å². The van der Waals surface area contributed by atoms with E-state index in [4.69, 9.17) is 9.47 Å². The highest BCUT2D eigenvalue weighted by molar-refractivity contribution is 8.00. The van der Waals surface area contributed by atoms with Crippen molar-refractivity contribution in [1.29, 1.82) is 0 Å². The highest BCUT2D eigenvalue weighted by Gasteiger charge is 2.27. The van der Waals surface area contributed by atoms with Crippen molar-refractivity contribution in [3.05, 3.63) is 78.4 Å². The van der Waals surface area contributed by atoms with Crippen LogP contribution in [0.15, 0.2) is 87.7 Å². The van der Waals surface area contributed by atoms with Gasteiger partial charge in [-0.1, -0.05) is 59.8 Å². The molecule has 0 fully saturated rings. The van der Waals surface area contributed by atoms with Crippen LogP contribution in [0.2, 0.25) is 0 Å². The van der Waals surface area contributed by atoms with Crippen LogP contribution in [0.25, 0.3) is 11.4 Å². The number of aromatic amines is 1. The Morgan fingerprint density at radius 3 is 2.39 bits per heavy atom. The van der Waals surface area contributed by atoms with Crippen molar-refractivity contribution in [3.8, 4) is 22.9 Å². The van der Waals surface area contributed by atoms with Gasteiger partial charge in [0.1, 0.15) is 22.3 Å². The molecule has 186 valence electrons. The number of benzene rings is 3. The molecule has 0 atom stereocenters. The van der Waals surface area contributed by atoms with Crippen LogP contribution in [0.1, 0.15) is 5.56 Å². The van der Waals surface area contributed by atoms with E-state index in [9.17, 15) is 13.2 Å². The van der Waals surface area contributed by atoms with Gasteiger partial charge in [0.2, 0.25) is 15.7 Å². The number of H-pyrrole nitrogens is 1. The number of nitrogens with one attached hydrogen (secondary N) is 2. The third-order valence-electron chi connectivity index (χ3n) is 5.31. The number of carbonyl (C=O) groups excluding carboxylic acids is 1. The molecule has 1 amide bonds. The number of rotatable bonds is 9. The number of aryl methyl sites for hydroxylation is 1. The predicted octanol–water partition coefficient (Wildman–Crippen LogP) is 4.97. The Morgan fingerprint density at radius 1 is 1.00 bits per heavy atom. The smallest absolute Gasteiger partial charge is 0.234 e. The van der Waals surface area contributed by atoms with Crippen LogP contribution in [0.3, 0.4) is 0 Å². The van der Waals surface area contributed by atoms with E-state index in [-0.39, 0.29) is 26.6 Å². The molecule has 0 aliphatic heterocycles. The number of sulfone groups is 1. The maximum Gasteiger partial charge on any atom is 0.234 e. The van der Waals surface area contributed by atoms with E-state index in [1.54, 1.807) is 49.6 Å². The van der Waals surface area contributed by atoms with Crippen molar-refractivity contribution in [2.24, 2.45) is 0 Å². The van der Waals surface area contributed by atoms with Crippen LogP contribution in [0.5, 0.6) is 11.5 Å². The standard InChI is InChI=1S/C26H25N3O5S2/c1-17-9-12-20(13-10-17)36(31,32)26-25(28-24(29-26)18-7-5-4-6-8-18)35-16-23(30)27-21-14-11-19(33-2)15-22(21)34-3/h4-15H,16H2,1-3H3,(H,27,30)(H,28,29). The van der Waals surface area contributed by atoms with Crippen LogP contribution in [-0.4, -0.2) is 44.3 Å². The number of imidazole rings is 1. The summed E-state index contributed by atoms with van der Waals surface area (Å²) < 4.78 is 37.5. The van der Waals surface area contributed by atoms with Gasteiger partial charge in [-0.05, 0) is 31.2 Å². The Morgan fingerprint density at radius 2 is 1.72 bits per heavy atom. The van der Waals surface area contributed by atoms with Crippen molar-refractivity contribution in [2.75, 3.05) is 25.3 Å². The van der Waals surface area contributed by atoms with Gasteiger partial charge in [-0.3, -0.25) is 4.79 Å². The average Bonchev–Trinajstić information content (AvgIpc) is 3.34. The maximum atomic E-state index is 13.5. The molecule has 0 bridgehead atoms. The number of carbonyl (C=O) groups is 1. The third-order valence-corrected chi connectivity index (χ3v) is 8.14. The highest BCUT2D eigenvalue weighted by Crippen LogP contribution is 2.33. The van der Waals surface area contributed by atoms with Crippen LogP contribution in [0, 0.1) is 6.92 Å². The number of nitrogens with zero attached hydrogens (tertiary/aromatic N) is 1. The SMILES string of the molecule is COc1ccc(NC(=O)CSc2nc(-c3ccccc3)[nH]c2S(=O)(=O)c2ccc(C)cc2)c(OC)c1. The summed E-state index contributed by atoms with van der Waals surface area (Å²) in [5.41, 5.74) is 2.16. The number of amides is 1. The summed E-state index contributed by atoms with van der Waals surface area (Å²) in [6.07, 6.45) is 0. The van der Waals surface area contributed by atoms with Gasteiger partial charge in [-0.2, -0.15) is 0 Å². The van der Waals surface area contributed by atoms with Gasteiger partial charge in [0.05, 0.1) is 30.6 Å². The lowest BCUT2D eigenvalue weighted by molar-refractivity contribution is -0.113. The normalized spacial score (nSPS) is 11.2. The first-order chi connectivity index (χ1) is 17.3. The fraction of sp³-hybridized carbons (Fsp3) is 0.154. The van der Waals surface area contributed by atoms with Crippen LogP contribution < -0.4 is 14.8 Å². The van der Waals surface area contributed by atoms with Gasteiger partial charge in [-0.15, -0.1) is 0 Å². The Labute approximate surface area is 214 Å². The fourth-order valence-corrected chi connectivity index (χ4v) is 5.83. The Hall–Kier alpha value is -3.76. The van der Waals surface area contributed by atoms with E-state index in [1.165, 1.54) is 7.11 Å². The molecule has 2 N–H and O–H groups in total. The van der Waals surface area contributed by atoms with Gasteiger partial charge >= 0.3 is 0 Å². The zero-order chi connectivity index (χ0) is 25.7. The van der Waals surface area contributed by atoms with E-state index < -0.39 is 9.84 Å². The van der Waals surface area contributed by atoms with Crippen molar-refractivity contribution >= 4 is 33.2 Å². The van der Waals surface area contributed by atoms with Crippen LogP contribution in [0.4, 0.5) is 5.69 Å². The second kappa shape index (κ2) is 10.9. The van der Waals surface area contributed by atoms with Gasteiger partial charge in [0.15, 0.2) is 5.03 Å². The summed E-state index contributed by atoms with van der Waals surface area (Å²) in [5.74, 6) is 1.04. The minimum absolute atomic E-state index is 0.0509. The van der Waals surface area contributed by atoms with E-state index in [0.717, 1.165) is 22.9 Å². The zero-order valence-corrected chi connectivity index (χ0v) is 21.6. The monoisotopic (exact) mass is 523 g/mol. The van der Waals surface area contributed by atoms with Crippen LogP contribution >= 0.6 is 11.8 Å². The molecule has 8 nitrogen and oxygen atoms in total. The van der Waals surface area contributed by atoms with Gasteiger partial charge < -0.3 is 19.8 Å². The summed E-state index contributed by atoms with van der Waals surface area (Å²) >= 11 is 1.04. The number of ether oxygens (including phenoxy) is 2. The fourth-order valence-electron chi connectivity index (χ4n) is 3.41. The van der Waals surface area contributed by atoms with Crippen molar-refractivity contribution in [2.45, 2.75) is 21.9 Å².